The summed E-state index contributed by atoms with van der Waals surface area (Å²) in [4.78, 5) is 13.0. The predicted octanol–water partition coefficient (Wildman–Crippen LogP) is 2.33. The van der Waals surface area contributed by atoms with Gasteiger partial charge in [-0.15, -0.1) is 0 Å². The molecule has 4 nitrogen and oxygen atoms in total. The van der Waals surface area contributed by atoms with Gasteiger partial charge in [0.05, 0.1) is 11.6 Å². The van der Waals surface area contributed by atoms with Gasteiger partial charge in [-0.1, -0.05) is 18.2 Å². The second-order valence-corrected chi connectivity index (χ2v) is 4.28. The maximum Gasteiger partial charge on any atom is 0.149 e. The normalized spacial score (nSPS) is 12.5. The largest absolute Gasteiger partial charge is 0.307 e. The first-order chi connectivity index (χ1) is 9.38. The average molecular weight is 250 g/mol. The lowest BCUT2D eigenvalue weighted by molar-refractivity contribution is 0.647. The van der Waals surface area contributed by atoms with Crippen LogP contribution in [0.5, 0.6) is 0 Å². The molecule has 0 aliphatic heterocycles. The molecule has 0 aliphatic carbocycles. The van der Waals surface area contributed by atoms with Crippen LogP contribution in [0, 0.1) is 0 Å². The van der Waals surface area contributed by atoms with Crippen LogP contribution in [-0.2, 0) is 0 Å². The van der Waals surface area contributed by atoms with Crippen LogP contribution < -0.4 is 5.32 Å². The summed E-state index contributed by atoms with van der Waals surface area (Å²) in [5, 5.41) is 4.38. The minimum atomic E-state index is -0.0207. The molecule has 0 spiro atoms. The van der Waals surface area contributed by atoms with Gasteiger partial charge in [0.15, 0.2) is 0 Å². The molecule has 0 radical (unpaired) electrons. The van der Waals surface area contributed by atoms with E-state index in [4.69, 9.17) is 0 Å². The van der Waals surface area contributed by atoms with E-state index in [0.717, 1.165) is 22.3 Å². The van der Waals surface area contributed by atoms with Crippen LogP contribution in [0.2, 0.25) is 0 Å². The van der Waals surface area contributed by atoms with E-state index in [0.29, 0.717) is 0 Å². The summed E-state index contributed by atoms with van der Waals surface area (Å²) in [5.74, 6) is 0.764. The van der Waals surface area contributed by atoms with Gasteiger partial charge in [0.1, 0.15) is 5.82 Å². The molecular weight excluding hydrogens is 236 g/mol. The van der Waals surface area contributed by atoms with Crippen LogP contribution in [0.3, 0.4) is 0 Å². The molecule has 0 saturated carbocycles. The molecule has 1 N–H and O–H groups in total. The van der Waals surface area contributed by atoms with Crippen molar-refractivity contribution in [2.24, 2.45) is 0 Å². The van der Waals surface area contributed by atoms with Crippen molar-refractivity contribution >= 4 is 10.9 Å². The number of hydrogen-bond donors (Lipinski definition) is 1. The van der Waals surface area contributed by atoms with Gasteiger partial charge in [-0.3, -0.25) is 4.98 Å². The quantitative estimate of drug-likeness (QED) is 0.775. The third kappa shape index (κ3) is 2.30. The van der Waals surface area contributed by atoms with Crippen molar-refractivity contribution in [3.8, 4) is 0 Å². The summed E-state index contributed by atoms with van der Waals surface area (Å²) in [5.41, 5.74) is 2.09. The molecule has 3 rings (SSSR count). The molecule has 94 valence electrons. The third-order valence-electron chi connectivity index (χ3n) is 3.10. The minimum Gasteiger partial charge on any atom is -0.307 e. The fourth-order valence-electron chi connectivity index (χ4n) is 2.17. The Balaban J connectivity index is 2.06. The zero-order chi connectivity index (χ0) is 13.1. The molecule has 2 aromatic heterocycles. The molecular formula is C15H14N4. The molecule has 4 heteroatoms. The van der Waals surface area contributed by atoms with E-state index in [2.05, 4.69) is 44.5 Å². The zero-order valence-corrected chi connectivity index (χ0v) is 10.6. The Bertz CT molecular complexity index is 682. The maximum atomic E-state index is 4.38. The van der Waals surface area contributed by atoms with Crippen molar-refractivity contribution in [2.75, 3.05) is 7.05 Å². The summed E-state index contributed by atoms with van der Waals surface area (Å²) < 4.78 is 0. The summed E-state index contributed by atoms with van der Waals surface area (Å²) >= 11 is 0. The Hall–Kier alpha value is -2.33. The van der Waals surface area contributed by atoms with Gasteiger partial charge in [0.2, 0.25) is 0 Å². The summed E-state index contributed by atoms with van der Waals surface area (Å²) in [6.45, 7) is 0. The smallest absolute Gasteiger partial charge is 0.149 e. The topological polar surface area (TPSA) is 50.7 Å². The Labute approximate surface area is 111 Å². The van der Waals surface area contributed by atoms with Crippen molar-refractivity contribution in [1.82, 2.24) is 20.3 Å². The minimum absolute atomic E-state index is 0.0207. The van der Waals surface area contributed by atoms with Gasteiger partial charge in [-0.05, 0) is 30.8 Å². The number of fused-ring (bicyclic) bond motifs is 1. The number of benzene rings is 1. The Morgan fingerprint density at radius 2 is 1.74 bits per heavy atom. The second kappa shape index (κ2) is 5.12. The number of nitrogens with one attached hydrogen (secondary N) is 1. The highest BCUT2D eigenvalue weighted by Gasteiger charge is 2.14. The first kappa shape index (κ1) is 11.7. The molecule has 3 aromatic rings. The van der Waals surface area contributed by atoms with Gasteiger partial charge < -0.3 is 5.32 Å². The summed E-state index contributed by atoms with van der Waals surface area (Å²) in [6.07, 6.45) is 5.32. The van der Waals surface area contributed by atoms with Gasteiger partial charge >= 0.3 is 0 Å². The number of hydrogen-bond acceptors (Lipinski definition) is 4. The third-order valence-corrected chi connectivity index (χ3v) is 3.10. The van der Waals surface area contributed by atoms with Gasteiger partial charge in [-0.2, -0.15) is 0 Å². The average Bonchev–Trinajstić information content (AvgIpc) is 2.49. The molecule has 2 heterocycles. The van der Waals surface area contributed by atoms with Crippen molar-refractivity contribution in [3.05, 3.63) is 66.4 Å². The monoisotopic (exact) mass is 250 g/mol. The number of aromatic nitrogens is 3. The van der Waals surface area contributed by atoms with Crippen LogP contribution in [0.1, 0.15) is 17.4 Å². The molecule has 0 aliphatic rings. The van der Waals surface area contributed by atoms with E-state index in [1.807, 2.05) is 19.2 Å². The van der Waals surface area contributed by atoms with Gasteiger partial charge in [-0.25, -0.2) is 9.97 Å². The highest BCUT2D eigenvalue weighted by atomic mass is 15.0. The number of pyridine rings is 1. The van der Waals surface area contributed by atoms with Gasteiger partial charge in [0, 0.05) is 24.0 Å². The SMILES string of the molecule is CNC(c1ccc2cccnc2c1)c1ncccn1. The summed E-state index contributed by atoms with van der Waals surface area (Å²) in [6, 6.07) is 12.0. The maximum absolute atomic E-state index is 4.38. The molecule has 1 aromatic carbocycles. The highest BCUT2D eigenvalue weighted by Crippen LogP contribution is 2.21. The molecule has 0 amide bonds. The van der Waals surface area contributed by atoms with Crippen LogP contribution in [0.25, 0.3) is 10.9 Å². The van der Waals surface area contributed by atoms with E-state index in [1.54, 1.807) is 18.6 Å². The molecule has 1 unspecified atom stereocenters. The van der Waals surface area contributed by atoms with Crippen molar-refractivity contribution in [2.45, 2.75) is 6.04 Å². The lowest BCUT2D eigenvalue weighted by Gasteiger charge is -2.15. The van der Waals surface area contributed by atoms with E-state index in [-0.39, 0.29) is 6.04 Å². The molecule has 1 atom stereocenters. The van der Waals surface area contributed by atoms with Crippen LogP contribution in [-0.4, -0.2) is 22.0 Å². The fourth-order valence-corrected chi connectivity index (χ4v) is 2.17. The van der Waals surface area contributed by atoms with Gasteiger partial charge in [0.25, 0.3) is 0 Å². The first-order valence-corrected chi connectivity index (χ1v) is 6.17. The Kier molecular flexibility index (Phi) is 3.16. The summed E-state index contributed by atoms with van der Waals surface area (Å²) in [7, 11) is 1.91. The van der Waals surface area contributed by atoms with Crippen molar-refractivity contribution in [1.29, 1.82) is 0 Å². The molecule has 0 bridgehead atoms. The van der Waals surface area contributed by atoms with E-state index in [9.17, 15) is 0 Å². The van der Waals surface area contributed by atoms with Crippen molar-refractivity contribution < 1.29 is 0 Å². The van der Waals surface area contributed by atoms with Crippen LogP contribution >= 0.6 is 0 Å². The molecule has 0 saturated heterocycles. The van der Waals surface area contributed by atoms with E-state index >= 15 is 0 Å². The number of nitrogens with zero attached hydrogens (tertiary/aromatic N) is 3. The zero-order valence-electron chi connectivity index (χ0n) is 10.6. The number of rotatable bonds is 3. The second-order valence-electron chi connectivity index (χ2n) is 4.28. The molecule has 19 heavy (non-hydrogen) atoms. The standard InChI is InChI=1S/C15H14N4/c1-16-14(15-18-8-3-9-19-15)12-6-5-11-4-2-7-17-13(11)10-12/h2-10,14,16H,1H3. The lowest BCUT2D eigenvalue weighted by Crippen LogP contribution is -2.20. The highest BCUT2D eigenvalue weighted by molar-refractivity contribution is 5.79. The van der Waals surface area contributed by atoms with E-state index < -0.39 is 0 Å². The van der Waals surface area contributed by atoms with Crippen molar-refractivity contribution in [3.63, 3.8) is 0 Å². The first-order valence-electron chi connectivity index (χ1n) is 6.17. The van der Waals surface area contributed by atoms with Crippen LogP contribution in [0.4, 0.5) is 0 Å². The fraction of sp³-hybridized carbons (Fsp3) is 0.133. The van der Waals surface area contributed by atoms with E-state index in [1.165, 1.54) is 0 Å². The van der Waals surface area contributed by atoms with Crippen LogP contribution in [0.15, 0.2) is 55.0 Å². The predicted molar refractivity (Wildman–Crippen MR) is 74.7 cm³/mol. The molecule has 0 fully saturated rings. The Morgan fingerprint density at radius 3 is 2.53 bits per heavy atom. The Morgan fingerprint density at radius 1 is 0.947 bits per heavy atom. The lowest BCUT2D eigenvalue weighted by atomic mass is 10.0.